The molecular formula is C14H18FNO2. The Morgan fingerprint density at radius 2 is 2.00 bits per heavy atom. The quantitative estimate of drug-likeness (QED) is 0.878. The molecule has 1 aromatic rings. The van der Waals surface area contributed by atoms with Crippen molar-refractivity contribution in [2.75, 3.05) is 7.05 Å². The summed E-state index contributed by atoms with van der Waals surface area (Å²) in [6.07, 6.45) is 5.50. The van der Waals surface area contributed by atoms with Crippen molar-refractivity contribution in [2.45, 2.75) is 38.1 Å². The SMILES string of the molecule is CN(C(=O)c1ccc(F)cc1O)C1CCCCC1. The summed E-state index contributed by atoms with van der Waals surface area (Å²) in [6, 6.07) is 3.74. The Labute approximate surface area is 106 Å². The molecule has 0 bridgehead atoms. The third-order valence-electron chi connectivity index (χ3n) is 3.63. The molecule has 3 nitrogen and oxygen atoms in total. The Kier molecular flexibility index (Phi) is 3.84. The highest BCUT2D eigenvalue weighted by Crippen LogP contribution is 2.25. The molecule has 1 aliphatic carbocycles. The van der Waals surface area contributed by atoms with E-state index in [0.29, 0.717) is 0 Å². The van der Waals surface area contributed by atoms with Crippen molar-refractivity contribution in [3.05, 3.63) is 29.6 Å². The molecule has 0 unspecified atom stereocenters. The van der Waals surface area contributed by atoms with E-state index in [2.05, 4.69) is 0 Å². The molecule has 1 aliphatic rings. The number of nitrogens with zero attached hydrogens (tertiary/aromatic N) is 1. The van der Waals surface area contributed by atoms with Gasteiger partial charge in [-0.25, -0.2) is 4.39 Å². The van der Waals surface area contributed by atoms with E-state index in [1.54, 1.807) is 11.9 Å². The highest BCUT2D eigenvalue weighted by Gasteiger charge is 2.24. The maximum Gasteiger partial charge on any atom is 0.257 e. The number of aromatic hydroxyl groups is 1. The lowest BCUT2D eigenvalue weighted by atomic mass is 9.94. The monoisotopic (exact) mass is 251 g/mol. The van der Waals surface area contributed by atoms with Crippen molar-refractivity contribution >= 4 is 5.91 Å². The Balaban J connectivity index is 2.14. The molecular weight excluding hydrogens is 233 g/mol. The van der Waals surface area contributed by atoms with Crippen LogP contribution in [0.5, 0.6) is 5.75 Å². The highest BCUT2D eigenvalue weighted by atomic mass is 19.1. The van der Waals surface area contributed by atoms with Crippen LogP contribution in [0.25, 0.3) is 0 Å². The van der Waals surface area contributed by atoms with Crippen LogP contribution in [-0.4, -0.2) is 29.0 Å². The van der Waals surface area contributed by atoms with E-state index in [-0.39, 0.29) is 23.3 Å². The summed E-state index contributed by atoms with van der Waals surface area (Å²) in [5.41, 5.74) is 0.171. The summed E-state index contributed by atoms with van der Waals surface area (Å²) in [5.74, 6) is -1.06. The molecule has 1 amide bonds. The Morgan fingerprint density at radius 1 is 1.33 bits per heavy atom. The zero-order chi connectivity index (χ0) is 13.1. The molecule has 1 saturated carbocycles. The van der Waals surface area contributed by atoms with Gasteiger partial charge in [0, 0.05) is 19.2 Å². The van der Waals surface area contributed by atoms with Crippen LogP contribution in [0.2, 0.25) is 0 Å². The molecule has 18 heavy (non-hydrogen) atoms. The standard InChI is InChI=1S/C14H18FNO2/c1-16(11-5-3-2-4-6-11)14(18)12-8-7-10(15)9-13(12)17/h7-9,11,17H,2-6H2,1H3. The smallest absolute Gasteiger partial charge is 0.257 e. The van der Waals surface area contributed by atoms with Gasteiger partial charge in [0.2, 0.25) is 0 Å². The molecule has 1 aromatic carbocycles. The number of carbonyl (C=O) groups excluding carboxylic acids is 1. The van der Waals surface area contributed by atoms with Crippen LogP contribution >= 0.6 is 0 Å². The molecule has 0 saturated heterocycles. The molecule has 0 radical (unpaired) electrons. The fraction of sp³-hybridized carbons (Fsp3) is 0.500. The first-order valence-corrected chi connectivity index (χ1v) is 6.35. The van der Waals surface area contributed by atoms with Crippen molar-refractivity contribution in [2.24, 2.45) is 0 Å². The van der Waals surface area contributed by atoms with Gasteiger partial charge >= 0.3 is 0 Å². The summed E-state index contributed by atoms with van der Waals surface area (Å²) in [4.78, 5) is 13.9. The average molecular weight is 251 g/mol. The van der Waals surface area contributed by atoms with Crippen molar-refractivity contribution in [3.8, 4) is 5.75 Å². The number of amides is 1. The molecule has 1 fully saturated rings. The normalized spacial score (nSPS) is 16.6. The van der Waals surface area contributed by atoms with Gasteiger partial charge in [0.1, 0.15) is 11.6 Å². The highest BCUT2D eigenvalue weighted by molar-refractivity contribution is 5.96. The van der Waals surface area contributed by atoms with E-state index in [0.717, 1.165) is 31.7 Å². The summed E-state index contributed by atoms with van der Waals surface area (Å²) in [7, 11) is 1.75. The number of hydrogen-bond acceptors (Lipinski definition) is 2. The zero-order valence-corrected chi connectivity index (χ0v) is 10.5. The summed E-state index contributed by atoms with van der Waals surface area (Å²) in [5, 5.41) is 9.62. The first-order valence-electron chi connectivity index (χ1n) is 6.35. The van der Waals surface area contributed by atoms with Crippen molar-refractivity contribution < 1.29 is 14.3 Å². The molecule has 0 aromatic heterocycles. The van der Waals surface area contributed by atoms with Gasteiger partial charge in [-0.2, -0.15) is 0 Å². The minimum Gasteiger partial charge on any atom is -0.507 e. The molecule has 0 aliphatic heterocycles. The molecule has 0 spiro atoms. The van der Waals surface area contributed by atoms with Crippen LogP contribution in [0, 0.1) is 5.82 Å². The van der Waals surface area contributed by atoms with Gasteiger partial charge in [0.05, 0.1) is 5.56 Å². The molecule has 0 atom stereocenters. The predicted octanol–water partition coefficient (Wildman–Crippen LogP) is 2.94. The van der Waals surface area contributed by atoms with E-state index < -0.39 is 5.82 Å². The third kappa shape index (κ3) is 2.63. The average Bonchev–Trinajstić information content (AvgIpc) is 2.38. The molecule has 2 rings (SSSR count). The molecule has 4 heteroatoms. The lowest BCUT2D eigenvalue weighted by Crippen LogP contribution is -2.38. The van der Waals surface area contributed by atoms with Gasteiger partial charge < -0.3 is 10.0 Å². The van der Waals surface area contributed by atoms with Crippen LogP contribution < -0.4 is 0 Å². The van der Waals surface area contributed by atoms with Crippen LogP contribution in [-0.2, 0) is 0 Å². The second-order valence-electron chi connectivity index (χ2n) is 4.87. The van der Waals surface area contributed by atoms with Crippen LogP contribution in [0.4, 0.5) is 4.39 Å². The fourth-order valence-corrected chi connectivity index (χ4v) is 2.51. The second kappa shape index (κ2) is 5.38. The number of halogens is 1. The first kappa shape index (κ1) is 12.9. The number of phenolic OH excluding ortho intramolecular Hbond substituents is 1. The fourth-order valence-electron chi connectivity index (χ4n) is 2.51. The third-order valence-corrected chi connectivity index (χ3v) is 3.63. The van der Waals surface area contributed by atoms with E-state index in [4.69, 9.17) is 0 Å². The number of hydrogen-bond donors (Lipinski definition) is 1. The van der Waals surface area contributed by atoms with Gasteiger partial charge in [-0.3, -0.25) is 4.79 Å². The largest absolute Gasteiger partial charge is 0.507 e. The number of carbonyl (C=O) groups is 1. The van der Waals surface area contributed by atoms with Gasteiger partial charge in [-0.1, -0.05) is 19.3 Å². The molecule has 1 N–H and O–H groups in total. The zero-order valence-electron chi connectivity index (χ0n) is 10.5. The summed E-state index contributed by atoms with van der Waals surface area (Å²) in [6.45, 7) is 0. The van der Waals surface area contributed by atoms with Crippen LogP contribution in [0.15, 0.2) is 18.2 Å². The van der Waals surface area contributed by atoms with Gasteiger partial charge in [0.15, 0.2) is 0 Å². The number of phenols is 1. The van der Waals surface area contributed by atoms with Crippen molar-refractivity contribution in [1.29, 1.82) is 0 Å². The summed E-state index contributed by atoms with van der Waals surface area (Å²) >= 11 is 0. The first-order chi connectivity index (χ1) is 8.59. The maximum absolute atomic E-state index is 12.9. The Morgan fingerprint density at radius 3 is 2.61 bits per heavy atom. The van der Waals surface area contributed by atoms with Crippen LogP contribution in [0.3, 0.4) is 0 Å². The van der Waals surface area contributed by atoms with Gasteiger partial charge in [0.25, 0.3) is 5.91 Å². The van der Waals surface area contributed by atoms with Crippen molar-refractivity contribution in [1.82, 2.24) is 4.90 Å². The van der Waals surface area contributed by atoms with E-state index in [9.17, 15) is 14.3 Å². The van der Waals surface area contributed by atoms with Crippen LogP contribution in [0.1, 0.15) is 42.5 Å². The Hall–Kier alpha value is -1.58. The number of benzene rings is 1. The van der Waals surface area contributed by atoms with Crippen molar-refractivity contribution in [3.63, 3.8) is 0 Å². The lowest BCUT2D eigenvalue weighted by Gasteiger charge is -2.31. The topological polar surface area (TPSA) is 40.5 Å². The maximum atomic E-state index is 12.9. The molecule has 0 heterocycles. The van der Waals surface area contributed by atoms with Gasteiger partial charge in [-0.05, 0) is 25.0 Å². The lowest BCUT2D eigenvalue weighted by molar-refractivity contribution is 0.0693. The predicted molar refractivity (Wildman–Crippen MR) is 67.0 cm³/mol. The summed E-state index contributed by atoms with van der Waals surface area (Å²) < 4.78 is 12.9. The van der Waals surface area contributed by atoms with E-state index in [1.807, 2.05) is 0 Å². The van der Waals surface area contributed by atoms with E-state index in [1.165, 1.54) is 18.6 Å². The number of rotatable bonds is 2. The minimum absolute atomic E-state index is 0.171. The second-order valence-corrected chi connectivity index (χ2v) is 4.87. The minimum atomic E-state index is -0.538. The Bertz CT molecular complexity index is 441. The van der Waals surface area contributed by atoms with E-state index >= 15 is 0 Å². The van der Waals surface area contributed by atoms with Gasteiger partial charge in [-0.15, -0.1) is 0 Å². The molecule has 98 valence electrons.